The van der Waals surface area contributed by atoms with Gasteiger partial charge in [0.1, 0.15) is 11.6 Å². The van der Waals surface area contributed by atoms with Crippen LogP contribution in [0.5, 0.6) is 0 Å². The van der Waals surface area contributed by atoms with Gasteiger partial charge in [0.2, 0.25) is 5.91 Å². The normalized spacial score (nSPS) is 9.94. The lowest BCUT2D eigenvalue weighted by molar-refractivity contribution is -0.125. The van der Waals surface area contributed by atoms with E-state index in [0.29, 0.717) is 18.1 Å². The molecule has 0 fully saturated rings. The number of nitrogens with two attached hydrogens (primary N) is 1. The zero-order valence-electron chi connectivity index (χ0n) is 9.73. The molecule has 1 aromatic carbocycles. The van der Waals surface area contributed by atoms with E-state index in [4.69, 9.17) is 22.7 Å². The molecule has 0 radical (unpaired) electrons. The quantitative estimate of drug-likeness (QED) is 0.741. The Hall–Kier alpha value is -1.46. The first kappa shape index (κ1) is 13.6. The SMILES string of the molecule is CCOCC(=O)NCc1cccc(C(N)=S)c1. The Morgan fingerprint density at radius 1 is 1.53 bits per heavy atom. The van der Waals surface area contributed by atoms with Crippen LogP contribution in [0.1, 0.15) is 18.1 Å². The Kier molecular flexibility index (Phi) is 5.59. The van der Waals surface area contributed by atoms with Gasteiger partial charge in [0.25, 0.3) is 0 Å². The van der Waals surface area contributed by atoms with E-state index in [0.717, 1.165) is 11.1 Å². The van der Waals surface area contributed by atoms with E-state index in [1.54, 1.807) is 0 Å². The third kappa shape index (κ3) is 4.93. The largest absolute Gasteiger partial charge is 0.389 e. The molecule has 0 heterocycles. The highest BCUT2D eigenvalue weighted by Crippen LogP contribution is 2.04. The number of thiocarbonyl (C=S) groups is 1. The summed E-state index contributed by atoms with van der Waals surface area (Å²) >= 11 is 4.89. The summed E-state index contributed by atoms with van der Waals surface area (Å²) in [6, 6.07) is 7.47. The maximum atomic E-state index is 11.3. The molecule has 1 rings (SSSR count). The smallest absolute Gasteiger partial charge is 0.246 e. The van der Waals surface area contributed by atoms with E-state index in [-0.39, 0.29) is 12.5 Å². The molecule has 17 heavy (non-hydrogen) atoms. The summed E-state index contributed by atoms with van der Waals surface area (Å²) in [5.74, 6) is -0.132. The molecule has 0 aliphatic heterocycles. The van der Waals surface area contributed by atoms with Gasteiger partial charge >= 0.3 is 0 Å². The fraction of sp³-hybridized carbons (Fsp3) is 0.333. The molecule has 0 aliphatic rings. The van der Waals surface area contributed by atoms with Crippen molar-refractivity contribution in [2.75, 3.05) is 13.2 Å². The molecule has 4 nitrogen and oxygen atoms in total. The molecule has 0 bridgehead atoms. The van der Waals surface area contributed by atoms with Crippen LogP contribution in [0.2, 0.25) is 0 Å². The molecule has 0 aliphatic carbocycles. The molecule has 3 N–H and O–H groups in total. The molecule has 92 valence electrons. The number of benzene rings is 1. The Morgan fingerprint density at radius 2 is 2.29 bits per heavy atom. The fourth-order valence-corrected chi connectivity index (χ4v) is 1.41. The highest BCUT2D eigenvalue weighted by molar-refractivity contribution is 7.80. The summed E-state index contributed by atoms with van der Waals surface area (Å²) in [4.78, 5) is 11.7. The predicted octanol–water partition coefficient (Wildman–Crippen LogP) is 0.974. The molecule has 0 saturated heterocycles. The zero-order chi connectivity index (χ0) is 12.7. The third-order valence-electron chi connectivity index (χ3n) is 2.14. The molecule has 1 aromatic rings. The average Bonchev–Trinajstić information content (AvgIpc) is 2.34. The second-order valence-corrected chi connectivity index (χ2v) is 3.92. The molecular weight excluding hydrogens is 236 g/mol. The van der Waals surface area contributed by atoms with Gasteiger partial charge in [-0.05, 0) is 18.6 Å². The maximum Gasteiger partial charge on any atom is 0.246 e. The van der Waals surface area contributed by atoms with Crippen LogP contribution < -0.4 is 11.1 Å². The van der Waals surface area contributed by atoms with E-state index in [1.807, 2.05) is 31.2 Å². The Balaban J connectivity index is 2.49. The summed E-state index contributed by atoms with van der Waals surface area (Å²) in [6.45, 7) is 2.91. The van der Waals surface area contributed by atoms with E-state index >= 15 is 0 Å². The molecule has 0 saturated carbocycles. The van der Waals surface area contributed by atoms with Crippen molar-refractivity contribution in [2.24, 2.45) is 5.73 Å². The number of hydrogen-bond acceptors (Lipinski definition) is 3. The van der Waals surface area contributed by atoms with Gasteiger partial charge in [-0.1, -0.05) is 30.4 Å². The summed E-state index contributed by atoms with van der Waals surface area (Å²) in [5, 5.41) is 2.75. The number of nitrogens with one attached hydrogen (secondary N) is 1. The van der Waals surface area contributed by atoms with Crippen LogP contribution in [-0.4, -0.2) is 24.1 Å². The highest BCUT2D eigenvalue weighted by atomic mass is 32.1. The maximum absolute atomic E-state index is 11.3. The zero-order valence-corrected chi connectivity index (χ0v) is 10.5. The van der Waals surface area contributed by atoms with E-state index in [9.17, 15) is 4.79 Å². The molecule has 1 amide bonds. The number of rotatable bonds is 6. The van der Waals surface area contributed by atoms with Crippen LogP contribution in [0.4, 0.5) is 0 Å². The van der Waals surface area contributed by atoms with Gasteiger partial charge in [0.05, 0.1) is 0 Å². The minimum atomic E-state index is -0.132. The van der Waals surface area contributed by atoms with Gasteiger partial charge in [0, 0.05) is 18.7 Å². The van der Waals surface area contributed by atoms with Gasteiger partial charge < -0.3 is 15.8 Å². The lowest BCUT2D eigenvalue weighted by atomic mass is 10.1. The number of ether oxygens (including phenoxy) is 1. The van der Waals surface area contributed by atoms with E-state index < -0.39 is 0 Å². The second-order valence-electron chi connectivity index (χ2n) is 3.48. The van der Waals surface area contributed by atoms with Crippen LogP contribution in [0, 0.1) is 0 Å². The summed E-state index contributed by atoms with van der Waals surface area (Å²) < 4.78 is 4.99. The van der Waals surface area contributed by atoms with Gasteiger partial charge in [-0.3, -0.25) is 4.79 Å². The summed E-state index contributed by atoms with van der Waals surface area (Å²) in [5.41, 5.74) is 7.29. The van der Waals surface area contributed by atoms with Crippen molar-refractivity contribution >= 4 is 23.1 Å². The number of carbonyl (C=O) groups excluding carboxylic acids is 1. The minimum Gasteiger partial charge on any atom is -0.389 e. The number of hydrogen-bond donors (Lipinski definition) is 2. The molecule has 0 spiro atoms. The molecule has 0 unspecified atom stereocenters. The fourth-order valence-electron chi connectivity index (χ4n) is 1.28. The monoisotopic (exact) mass is 252 g/mol. The lowest BCUT2D eigenvalue weighted by Gasteiger charge is -2.06. The van der Waals surface area contributed by atoms with Crippen molar-refractivity contribution in [2.45, 2.75) is 13.5 Å². The van der Waals surface area contributed by atoms with Gasteiger partial charge in [-0.2, -0.15) is 0 Å². The molecule has 5 heteroatoms. The van der Waals surface area contributed by atoms with Crippen molar-refractivity contribution in [1.29, 1.82) is 0 Å². The Morgan fingerprint density at radius 3 is 2.94 bits per heavy atom. The van der Waals surface area contributed by atoms with E-state index in [2.05, 4.69) is 5.32 Å². The lowest BCUT2D eigenvalue weighted by Crippen LogP contribution is -2.27. The minimum absolute atomic E-state index is 0.0888. The molecule has 0 aromatic heterocycles. The Labute approximate surface area is 106 Å². The molecule has 0 atom stereocenters. The first-order chi connectivity index (χ1) is 8.13. The van der Waals surface area contributed by atoms with Crippen LogP contribution in [0.15, 0.2) is 24.3 Å². The first-order valence-corrected chi connectivity index (χ1v) is 5.77. The molecular formula is C12H16N2O2S. The second kappa shape index (κ2) is 6.98. The average molecular weight is 252 g/mol. The third-order valence-corrected chi connectivity index (χ3v) is 2.37. The Bertz CT molecular complexity index is 407. The summed E-state index contributed by atoms with van der Waals surface area (Å²) in [7, 11) is 0. The predicted molar refractivity (Wildman–Crippen MR) is 70.7 cm³/mol. The van der Waals surface area contributed by atoms with Gasteiger partial charge in [0.15, 0.2) is 0 Å². The van der Waals surface area contributed by atoms with Crippen LogP contribution in [0.3, 0.4) is 0 Å². The number of carbonyl (C=O) groups is 1. The van der Waals surface area contributed by atoms with Gasteiger partial charge in [-0.15, -0.1) is 0 Å². The van der Waals surface area contributed by atoms with Crippen molar-refractivity contribution < 1.29 is 9.53 Å². The van der Waals surface area contributed by atoms with Crippen molar-refractivity contribution in [1.82, 2.24) is 5.32 Å². The highest BCUT2D eigenvalue weighted by Gasteiger charge is 2.02. The van der Waals surface area contributed by atoms with Gasteiger partial charge in [-0.25, -0.2) is 0 Å². The van der Waals surface area contributed by atoms with Crippen molar-refractivity contribution in [3.05, 3.63) is 35.4 Å². The summed E-state index contributed by atoms with van der Waals surface area (Å²) in [6.07, 6.45) is 0. The van der Waals surface area contributed by atoms with Crippen LogP contribution in [-0.2, 0) is 16.1 Å². The van der Waals surface area contributed by atoms with E-state index in [1.165, 1.54) is 0 Å². The van der Waals surface area contributed by atoms with Crippen molar-refractivity contribution in [3.63, 3.8) is 0 Å². The van der Waals surface area contributed by atoms with Crippen LogP contribution >= 0.6 is 12.2 Å². The topological polar surface area (TPSA) is 64.3 Å². The standard InChI is InChI=1S/C12H16N2O2S/c1-2-16-8-11(15)14-7-9-4-3-5-10(6-9)12(13)17/h3-6H,2,7-8H2,1H3,(H2,13,17)(H,14,15). The van der Waals surface area contributed by atoms with Crippen molar-refractivity contribution in [3.8, 4) is 0 Å². The first-order valence-electron chi connectivity index (χ1n) is 5.36. The van der Waals surface area contributed by atoms with Crippen LogP contribution in [0.25, 0.3) is 0 Å². The number of amides is 1.